The van der Waals surface area contributed by atoms with Crippen LogP contribution in [-0.4, -0.2) is 23.4 Å². The molecular formula is C16H21NO. The fraction of sp³-hybridized carbons (Fsp3) is 0.562. The molecule has 2 aliphatic rings. The Bertz CT molecular complexity index is 482. The van der Waals surface area contributed by atoms with Gasteiger partial charge in [-0.25, -0.2) is 0 Å². The molecule has 3 rings (SSSR count). The predicted octanol–water partition coefficient (Wildman–Crippen LogP) is 2.90. The average Bonchev–Trinajstić information content (AvgIpc) is 2.37. The minimum atomic E-state index is -0.262. The highest BCUT2D eigenvalue weighted by Crippen LogP contribution is 2.42. The van der Waals surface area contributed by atoms with Crippen molar-refractivity contribution in [2.75, 3.05) is 6.54 Å². The van der Waals surface area contributed by atoms with Gasteiger partial charge in [0.05, 0.1) is 5.41 Å². The molecule has 0 bridgehead atoms. The van der Waals surface area contributed by atoms with Crippen molar-refractivity contribution >= 4 is 5.91 Å². The smallest absolute Gasteiger partial charge is 0.233 e. The van der Waals surface area contributed by atoms with Gasteiger partial charge in [0.2, 0.25) is 5.91 Å². The van der Waals surface area contributed by atoms with Crippen molar-refractivity contribution in [3.63, 3.8) is 0 Å². The van der Waals surface area contributed by atoms with Gasteiger partial charge in [0.15, 0.2) is 0 Å². The first-order valence-electron chi connectivity index (χ1n) is 7.02. The monoisotopic (exact) mass is 243 g/mol. The van der Waals surface area contributed by atoms with Crippen LogP contribution < -0.4 is 0 Å². The van der Waals surface area contributed by atoms with E-state index in [4.69, 9.17) is 0 Å². The molecule has 1 aliphatic carbocycles. The van der Waals surface area contributed by atoms with Crippen molar-refractivity contribution < 1.29 is 4.79 Å². The minimum Gasteiger partial charge on any atom is -0.339 e. The van der Waals surface area contributed by atoms with Crippen LogP contribution in [-0.2, 0) is 16.6 Å². The fourth-order valence-electron chi connectivity index (χ4n) is 3.49. The van der Waals surface area contributed by atoms with Crippen molar-refractivity contribution in [2.45, 2.75) is 51.0 Å². The maximum Gasteiger partial charge on any atom is 0.233 e. The normalized spacial score (nSPS) is 30.6. The number of rotatable bonds is 1. The molecule has 1 heterocycles. The highest BCUT2D eigenvalue weighted by atomic mass is 16.2. The summed E-state index contributed by atoms with van der Waals surface area (Å²) >= 11 is 0. The molecule has 1 fully saturated rings. The van der Waals surface area contributed by atoms with Crippen LogP contribution >= 0.6 is 0 Å². The Hall–Kier alpha value is -1.31. The van der Waals surface area contributed by atoms with Crippen LogP contribution in [0.1, 0.15) is 44.2 Å². The van der Waals surface area contributed by atoms with E-state index in [-0.39, 0.29) is 5.41 Å². The van der Waals surface area contributed by atoms with E-state index in [2.05, 4.69) is 36.9 Å². The molecule has 1 aromatic carbocycles. The van der Waals surface area contributed by atoms with Crippen LogP contribution in [0.3, 0.4) is 0 Å². The molecule has 0 saturated carbocycles. The van der Waals surface area contributed by atoms with Gasteiger partial charge in [0.1, 0.15) is 0 Å². The quantitative estimate of drug-likeness (QED) is 0.742. The van der Waals surface area contributed by atoms with Gasteiger partial charge in [0, 0.05) is 12.6 Å². The highest BCUT2D eigenvalue weighted by Gasteiger charge is 2.47. The predicted molar refractivity (Wildman–Crippen MR) is 72.5 cm³/mol. The molecule has 0 radical (unpaired) electrons. The number of benzene rings is 1. The van der Waals surface area contributed by atoms with Crippen LogP contribution in [0.4, 0.5) is 0 Å². The zero-order valence-corrected chi connectivity index (χ0v) is 11.3. The Morgan fingerprint density at radius 2 is 2.11 bits per heavy atom. The van der Waals surface area contributed by atoms with E-state index in [1.54, 1.807) is 0 Å². The van der Waals surface area contributed by atoms with Crippen LogP contribution in [0.15, 0.2) is 24.3 Å². The number of fused-ring (bicyclic) bond motifs is 1. The Morgan fingerprint density at radius 3 is 2.83 bits per heavy atom. The maximum atomic E-state index is 12.8. The molecule has 96 valence electrons. The summed E-state index contributed by atoms with van der Waals surface area (Å²) in [6, 6.07) is 8.78. The van der Waals surface area contributed by atoms with Gasteiger partial charge in [-0.3, -0.25) is 4.79 Å². The molecule has 0 spiro atoms. The van der Waals surface area contributed by atoms with Gasteiger partial charge in [-0.05, 0) is 50.7 Å². The first-order valence-corrected chi connectivity index (χ1v) is 7.02. The Labute approximate surface area is 109 Å². The van der Waals surface area contributed by atoms with Crippen molar-refractivity contribution in [3.8, 4) is 0 Å². The van der Waals surface area contributed by atoms with E-state index in [0.717, 1.165) is 25.8 Å². The fourth-order valence-corrected chi connectivity index (χ4v) is 3.49. The molecule has 18 heavy (non-hydrogen) atoms. The number of nitrogens with zero attached hydrogens (tertiary/aromatic N) is 1. The average molecular weight is 243 g/mol. The van der Waals surface area contributed by atoms with Crippen LogP contribution in [0, 0.1) is 0 Å². The largest absolute Gasteiger partial charge is 0.339 e. The third kappa shape index (κ3) is 1.58. The molecule has 2 nitrogen and oxygen atoms in total. The molecule has 1 saturated heterocycles. The molecular weight excluding hydrogens is 222 g/mol. The third-order valence-electron chi connectivity index (χ3n) is 4.69. The second kappa shape index (κ2) is 4.11. The minimum absolute atomic E-state index is 0.262. The summed E-state index contributed by atoms with van der Waals surface area (Å²) in [6.07, 6.45) is 4.49. The standard InChI is InChI=1S/C16H21NO/c1-12-7-5-6-10-17(12)15(18)16(2)11-13-8-3-4-9-14(13)16/h3-4,8-9,12H,5-7,10-11H2,1-2H3. The number of piperidine rings is 1. The third-order valence-corrected chi connectivity index (χ3v) is 4.69. The number of hydrogen-bond acceptors (Lipinski definition) is 1. The lowest BCUT2D eigenvalue weighted by Crippen LogP contribution is -2.55. The van der Waals surface area contributed by atoms with Crippen molar-refractivity contribution in [2.24, 2.45) is 0 Å². The van der Waals surface area contributed by atoms with E-state index >= 15 is 0 Å². The Balaban J connectivity index is 1.86. The van der Waals surface area contributed by atoms with Crippen molar-refractivity contribution in [1.82, 2.24) is 4.90 Å². The molecule has 1 aliphatic heterocycles. The molecule has 0 aromatic heterocycles. The van der Waals surface area contributed by atoms with Gasteiger partial charge in [-0.15, -0.1) is 0 Å². The van der Waals surface area contributed by atoms with Gasteiger partial charge in [-0.2, -0.15) is 0 Å². The van der Waals surface area contributed by atoms with Gasteiger partial charge in [-0.1, -0.05) is 24.3 Å². The van der Waals surface area contributed by atoms with E-state index in [1.165, 1.54) is 17.5 Å². The van der Waals surface area contributed by atoms with Crippen LogP contribution in [0.2, 0.25) is 0 Å². The van der Waals surface area contributed by atoms with Crippen molar-refractivity contribution in [3.05, 3.63) is 35.4 Å². The summed E-state index contributed by atoms with van der Waals surface area (Å²) < 4.78 is 0. The lowest BCUT2D eigenvalue weighted by molar-refractivity contribution is -0.141. The van der Waals surface area contributed by atoms with Crippen LogP contribution in [0.5, 0.6) is 0 Å². The first kappa shape index (κ1) is 11.8. The maximum absolute atomic E-state index is 12.8. The lowest BCUT2D eigenvalue weighted by atomic mass is 9.64. The summed E-state index contributed by atoms with van der Waals surface area (Å²) in [5.41, 5.74) is 2.33. The molecule has 0 N–H and O–H groups in total. The summed E-state index contributed by atoms with van der Waals surface area (Å²) in [5, 5.41) is 0. The van der Waals surface area contributed by atoms with Gasteiger partial charge < -0.3 is 4.90 Å². The van der Waals surface area contributed by atoms with E-state index in [1.807, 2.05) is 6.07 Å². The van der Waals surface area contributed by atoms with E-state index in [0.29, 0.717) is 11.9 Å². The molecule has 1 amide bonds. The topological polar surface area (TPSA) is 20.3 Å². The number of amides is 1. The summed E-state index contributed by atoms with van der Waals surface area (Å²) in [7, 11) is 0. The first-order chi connectivity index (χ1) is 8.63. The second-order valence-corrected chi connectivity index (χ2v) is 6.01. The Morgan fingerprint density at radius 1 is 1.33 bits per heavy atom. The lowest BCUT2D eigenvalue weighted by Gasteiger charge is -2.45. The van der Waals surface area contributed by atoms with Gasteiger partial charge in [0.25, 0.3) is 0 Å². The Kier molecular flexibility index (Phi) is 2.69. The van der Waals surface area contributed by atoms with Crippen LogP contribution in [0.25, 0.3) is 0 Å². The zero-order chi connectivity index (χ0) is 12.8. The number of likely N-dealkylation sites (tertiary alicyclic amines) is 1. The van der Waals surface area contributed by atoms with Gasteiger partial charge >= 0.3 is 0 Å². The van der Waals surface area contributed by atoms with E-state index in [9.17, 15) is 4.79 Å². The summed E-state index contributed by atoms with van der Waals surface area (Å²) in [6.45, 7) is 5.24. The molecule has 2 atom stereocenters. The zero-order valence-electron chi connectivity index (χ0n) is 11.3. The number of hydrogen-bond donors (Lipinski definition) is 0. The summed E-state index contributed by atoms with van der Waals surface area (Å²) in [5.74, 6) is 0.341. The highest BCUT2D eigenvalue weighted by molar-refractivity contribution is 5.91. The molecule has 1 aromatic rings. The molecule has 2 heteroatoms. The van der Waals surface area contributed by atoms with Crippen molar-refractivity contribution in [1.29, 1.82) is 0 Å². The number of carbonyl (C=O) groups excluding carboxylic acids is 1. The van der Waals surface area contributed by atoms with E-state index < -0.39 is 0 Å². The summed E-state index contributed by atoms with van der Waals surface area (Å²) in [4.78, 5) is 14.9. The SMILES string of the molecule is CC1CCCCN1C(=O)C1(C)Cc2ccccc21. The molecule has 2 unspecified atom stereocenters. The number of carbonyl (C=O) groups is 1. The second-order valence-electron chi connectivity index (χ2n) is 6.01.